The quantitative estimate of drug-likeness (QED) is 0.641. The number of nitrogens with one attached hydrogen (secondary N) is 2. The summed E-state index contributed by atoms with van der Waals surface area (Å²) in [4.78, 5) is 23.9. The second-order valence-corrected chi connectivity index (χ2v) is 7.74. The summed E-state index contributed by atoms with van der Waals surface area (Å²) in [5, 5.41) is 10.6. The number of rotatable bonds is 6. The molecule has 1 aliphatic rings. The molecule has 2 amide bonds. The summed E-state index contributed by atoms with van der Waals surface area (Å²) >= 11 is 0. The van der Waals surface area contributed by atoms with Gasteiger partial charge in [0.1, 0.15) is 5.82 Å². The average molecular weight is 402 g/mol. The van der Waals surface area contributed by atoms with Gasteiger partial charge in [-0.05, 0) is 42.7 Å². The number of nitrogens with zero attached hydrogens (tertiary/aromatic N) is 2. The molecule has 1 fully saturated rings. The first-order chi connectivity index (χ1) is 14.6. The average Bonchev–Trinajstić information content (AvgIpc) is 3.43. The number of benzene rings is 2. The molecule has 0 unspecified atom stereocenters. The fraction of sp³-hybridized carbons (Fsp3) is 0.292. The zero-order chi connectivity index (χ0) is 20.9. The number of para-hydroxylation sites is 1. The van der Waals surface area contributed by atoms with Gasteiger partial charge >= 0.3 is 0 Å². The van der Waals surface area contributed by atoms with Crippen molar-refractivity contribution in [2.45, 2.75) is 45.1 Å². The molecule has 1 saturated carbocycles. The van der Waals surface area contributed by atoms with E-state index in [1.54, 1.807) is 12.1 Å². The summed E-state index contributed by atoms with van der Waals surface area (Å²) in [6, 6.07) is 19.1. The first-order valence-electron chi connectivity index (χ1n) is 10.4. The number of anilines is 1. The van der Waals surface area contributed by atoms with Crippen LogP contribution in [-0.2, 0) is 11.3 Å². The Hall–Kier alpha value is -3.41. The lowest BCUT2D eigenvalue weighted by atomic mass is 10.0. The molecular weight excluding hydrogens is 376 g/mol. The van der Waals surface area contributed by atoms with Gasteiger partial charge in [-0.3, -0.25) is 9.59 Å². The number of carbonyl (C=O) groups excluding carboxylic acids is 2. The van der Waals surface area contributed by atoms with Crippen molar-refractivity contribution in [1.29, 1.82) is 0 Å². The molecule has 1 aromatic heterocycles. The van der Waals surface area contributed by atoms with E-state index in [0.29, 0.717) is 23.8 Å². The normalized spacial score (nSPS) is 13.9. The van der Waals surface area contributed by atoms with Crippen LogP contribution in [0.3, 0.4) is 0 Å². The Morgan fingerprint density at radius 3 is 2.40 bits per heavy atom. The van der Waals surface area contributed by atoms with Crippen molar-refractivity contribution in [3.05, 3.63) is 77.5 Å². The van der Waals surface area contributed by atoms with Gasteiger partial charge in [-0.1, -0.05) is 43.2 Å². The summed E-state index contributed by atoms with van der Waals surface area (Å²) in [6.07, 6.45) is 4.76. The molecular formula is C24H26N4O2. The third-order valence-electron chi connectivity index (χ3n) is 5.50. The molecule has 1 aliphatic carbocycles. The van der Waals surface area contributed by atoms with Crippen LogP contribution in [0.1, 0.15) is 60.1 Å². The highest BCUT2D eigenvalue weighted by molar-refractivity contribution is 6.04. The van der Waals surface area contributed by atoms with Gasteiger partial charge in [0.2, 0.25) is 5.91 Å². The number of aromatic nitrogens is 2. The fourth-order valence-corrected chi connectivity index (χ4v) is 3.86. The lowest BCUT2D eigenvalue weighted by Crippen LogP contribution is -2.19. The van der Waals surface area contributed by atoms with Gasteiger partial charge in [0, 0.05) is 31.0 Å². The molecule has 6 heteroatoms. The van der Waals surface area contributed by atoms with Gasteiger partial charge in [-0.2, -0.15) is 5.10 Å². The molecule has 30 heavy (non-hydrogen) atoms. The molecule has 0 aliphatic heterocycles. The summed E-state index contributed by atoms with van der Waals surface area (Å²) in [5.41, 5.74) is 3.46. The summed E-state index contributed by atoms with van der Waals surface area (Å²) < 4.78 is 1.82. The number of amides is 2. The maximum Gasteiger partial charge on any atom is 0.256 e. The van der Waals surface area contributed by atoms with Crippen LogP contribution in [0.5, 0.6) is 0 Å². The Kier molecular flexibility index (Phi) is 5.93. The first kappa shape index (κ1) is 19.9. The SMILES string of the molecule is CC(=O)NCc1ccc(C(=O)Nc2cc(C3CCCC3)nn2-c2ccccc2)cc1. The Balaban J connectivity index is 1.55. The van der Waals surface area contributed by atoms with Gasteiger partial charge in [-0.25, -0.2) is 4.68 Å². The lowest BCUT2D eigenvalue weighted by molar-refractivity contribution is -0.119. The Morgan fingerprint density at radius 2 is 1.73 bits per heavy atom. The van der Waals surface area contributed by atoms with Crippen LogP contribution in [-0.4, -0.2) is 21.6 Å². The van der Waals surface area contributed by atoms with Crippen LogP contribution >= 0.6 is 0 Å². The van der Waals surface area contributed by atoms with Crippen LogP contribution in [0.25, 0.3) is 5.69 Å². The summed E-state index contributed by atoms with van der Waals surface area (Å²) in [5.74, 6) is 0.870. The summed E-state index contributed by atoms with van der Waals surface area (Å²) in [6.45, 7) is 1.93. The predicted molar refractivity (Wildman–Crippen MR) is 117 cm³/mol. The monoisotopic (exact) mass is 402 g/mol. The zero-order valence-corrected chi connectivity index (χ0v) is 17.1. The van der Waals surface area contributed by atoms with Gasteiger partial charge in [0.05, 0.1) is 11.4 Å². The van der Waals surface area contributed by atoms with Crippen molar-refractivity contribution in [1.82, 2.24) is 15.1 Å². The molecule has 4 rings (SSSR count). The fourth-order valence-electron chi connectivity index (χ4n) is 3.86. The van der Waals surface area contributed by atoms with Crippen molar-refractivity contribution in [3.8, 4) is 5.69 Å². The van der Waals surface area contributed by atoms with Crippen molar-refractivity contribution in [2.24, 2.45) is 0 Å². The zero-order valence-electron chi connectivity index (χ0n) is 17.1. The highest BCUT2D eigenvalue weighted by Crippen LogP contribution is 2.35. The standard InChI is InChI=1S/C24H26N4O2/c1-17(29)25-16-18-11-13-20(14-12-18)24(30)26-23-15-22(19-7-5-6-8-19)27-28(23)21-9-3-2-4-10-21/h2-4,9-15,19H,5-8,16H2,1H3,(H,25,29)(H,26,30). The highest BCUT2D eigenvalue weighted by atomic mass is 16.2. The van der Waals surface area contributed by atoms with Gasteiger partial charge in [0.25, 0.3) is 5.91 Å². The molecule has 1 heterocycles. The number of carbonyl (C=O) groups is 2. The van der Waals surface area contributed by atoms with Crippen molar-refractivity contribution in [2.75, 3.05) is 5.32 Å². The third-order valence-corrected chi connectivity index (χ3v) is 5.50. The number of hydrogen-bond donors (Lipinski definition) is 2. The van der Waals surface area contributed by atoms with Crippen LogP contribution in [0.2, 0.25) is 0 Å². The Morgan fingerprint density at radius 1 is 1.03 bits per heavy atom. The maximum atomic E-state index is 12.9. The minimum atomic E-state index is -0.184. The molecule has 2 N–H and O–H groups in total. The van der Waals surface area contributed by atoms with Gasteiger partial charge in [-0.15, -0.1) is 0 Å². The van der Waals surface area contributed by atoms with E-state index in [4.69, 9.17) is 5.10 Å². The Bertz CT molecular complexity index is 1020. The van der Waals surface area contributed by atoms with E-state index >= 15 is 0 Å². The smallest absolute Gasteiger partial charge is 0.256 e. The van der Waals surface area contributed by atoms with E-state index in [2.05, 4.69) is 10.6 Å². The minimum absolute atomic E-state index is 0.0796. The van der Waals surface area contributed by atoms with Crippen molar-refractivity contribution in [3.63, 3.8) is 0 Å². The molecule has 0 radical (unpaired) electrons. The second kappa shape index (κ2) is 8.95. The van der Waals surface area contributed by atoms with Gasteiger partial charge in [0.15, 0.2) is 0 Å². The van der Waals surface area contributed by atoms with Crippen LogP contribution in [0, 0.1) is 0 Å². The Labute approximate surface area is 176 Å². The largest absolute Gasteiger partial charge is 0.352 e. The van der Waals surface area contributed by atoms with E-state index < -0.39 is 0 Å². The van der Waals surface area contributed by atoms with Crippen molar-refractivity contribution < 1.29 is 9.59 Å². The molecule has 154 valence electrons. The van der Waals surface area contributed by atoms with Crippen LogP contribution in [0.15, 0.2) is 60.7 Å². The second-order valence-electron chi connectivity index (χ2n) is 7.74. The van der Waals surface area contributed by atoms with Crippen molar-refractivity contribution >= 4 is 17.6 Å². The van der Waals surface area contributed by atoms with E-state index in [1.807, 2.05) is 53.2 Å². The third kappa shape index (κ3) is 4.59. The van der Waals surface area contributed by atoms with E-state index in [9.17, 15) is 9.59 Å². The van der Waals surface area contributed by atoms with E-state index in [0.717, 1.165) is 29.8 Å². The number of hydrogen-bond acceptors (Lipinski definition) is 3. The topological polar surface area (TPSA) is 76.0 Å². The molecule has 0 spiro atoms. The van der Waals surface area contributed by atoms with E-state index in [-0.39, 0.29) is 11.8 Å². The lowest BCUT2D eigenvalue weighted by Gasteiger charge is -2.09. The predicted octanol–water partition coefficient (Wildman–Crippen LogP) is 4.42. The first-order valence-corrected chi connectivity index (χ1v) is 10.4. The molecule has 0 bridgehead atoms. The van der Waals surface area contributed by atoms with Crippen LogP contribution < -0.4 is 10.6 Å². The molecule has 6 nitrogen and oxygen atoms in total. The molecule has 0 saturated heterocycles. The van der Waals surface area contributed by atoms with E-state index in [1.165, 1.54) is 19.8 Å². The minimum Gasteiger partial charge on any atom is -0.352 e. The maximum absolute atomic E-state index is 12.9. The molecule has 2 aromatic carbocycles. The van der Waals surface area contributed by atoms with Crippen LogP contribution in [0.4, 0.5) is 5.82 Å². The highest BCUT2D eigenvalue weighted by Gasteiger charge is 2.22. The molecule has 0 atom stereocenters. The molecule has 3 aromatic rings. The summed E-state index contributed by atoms with van der Waals surface area (Å²) in [7, 11) is 0. The van der Waals surface area contributed by atoms with Gasteiger partial charge < -0.3 is 10.6 Å².